The second kappa shape index (κ2) is 5.07. The van der Waals surface area contributed by atoms with Gasteiger partial charge in [-0.15, -0.1) is 0 Å². The van der Waals surface area contributed by atoms with Crippen molar-refractivity contribution in [2.45, 2.75) is 45.1 Å². The average molecular weight is 264 g/mol. The Bertz CT molecular complexity index is 495. The molecule has 19 heavy (non-hydrogen) atoms. The molecule has 0 saturated heterocycles. The lowest BCUT2D eigenvalue weighted by Gasteiger charge is -2.39. The molecule has 3 N–H and O–H groups in total. The molecule has 1 heterocycles. The summed E-state index contributed by atoms with van der Waals surface area (Å²) in [6.45, 7) is 3.68. The number of aliphatic carboxylic acids is 1. The number of hydrogen-bond acceptors (Lipinski definition) is 2. The van der Waals surface area contributed by atoms with Crippen LogP contribution in [0, 0.1) is 12.8 Å². The molecule has 2 rings (SSSR count). The number of carbonyl (C=O) groups is 2. The van der Waals surface area contributed by atoms with Gasteiger partial charge in [-0.3, -0.25) is 9.59 Å². The fourth-order valence-electron chi connectivity index (χ4n) is 2.89. The maximum Gasteiger partial charge on any atom is 0.308 e. The van der Waals surface area contributed by atoms with Gasteiger partial charge in [0.05, 0.1) is 11.5 Å². The molecule has 2 atom stereocenters. The molecule has 0 aliphatic heterocycles. The highest BCUT2D eigenvalue weighted by molar-refractivity contribution is 5.94. The molecule has 5 nitrogen and oxygen atoms in total. The van der Waals surface area contributed by atoms with Crippen LogP contribution in [0.5, 0.6) is 0 Å². The minimum Gasteiger partial charge on any atom is -0.481 e. The van der Waals surface area contributed by atoms with Crippen molar-refractivity contribution in [1.82, 2.24) is 10.3 Å². The van der Waals surface area contributed by atoms with Crippen LogP contribution in [-0.2, 0) is 4.79 Å². The fourth-order valence-corrected chi connectivity index (χ4v) is 2.89. The van der Waals surface area contributed by atoms with Crippen molar-refractivity contribution in [3.05, 3.63) is 23.5 Å². The van der Waals surface area contributed by atoms with Gasteiger partial charge in [0.2, 0.25) is 0 Å². The first-order valence-corrected chi connectivity index (χ1v) is 6.63. The summed E-state index contributed by atoms with van der Waals surface area (Å²) in [7, 11) is 0. The maximum atomic E-state index is 12.2. The van der Waals surface area contributed by atoms with Crippen LogP contribution in [-0.4, -0.2) is 27.5 Å². The smallest absolute Gasteiger partial charge is 0.308 e. The van der Waals surface area contributed by atoms with Gasteiger partial charge in [0.25, 0.3) is 5.91 Å². The number of carbonyl (C=O) groups excluding carboxylic acids is 1. The molecule has 1 aliphatic rings. The van der Waals surface area contributed by atoms with Gasteiger partial charge >= 0.3 is 5.97 Å². The highest BCUT2D eigenvalue weighted by atomic mass is 16.4. The van der Waals surface area contributed by atoms with E-state index in [9.17, 15) is 14.7 Å². The van der Waals surface area contributed by atoms with E-state index in [1.807, 2.05) is 19.9 Å². The predicted molar refractivity (Wildman–Crippen MR) is 71.0 cm³/mol. The van der Waals surface area contributed by atoms with E-state index in [1.165, 1.54) is 0 Å². The van der Waals surface area contributed by atoms with Gasteiger partial charge in [0.15, 0.2) is 0 Å². The molecule has 0 bridgehead atoms. The first kappa shape index (κ1) is 13.6. The zero-order chi connectivity index (χ0) is 14.0. The molecule has 0 radical (unpaired) electrons. The summed E-state index contributed by atoms with van der Waals surface area (Å²) in [5, 5.41) is 12.2. The summed E-state index contributed by atoms with van der Waals surface area (Å²) in [5.74, 6) is -1.57. The van der Waals surface area contributed by atoms with Crippen molar-refractivity contribution < 1.29 is 14.7 Å². The van der Waals surface area contributed by atoms with Crippen molar-refractivity contribution >= 4 is 11.9 Å². The van der Waals surface area contributed by atoms with E-state index in [1.54, 1.807) is 6.20 Å². The quantitative estimate of drug-likeness (QED) is 0.781. The Labute approximate surface area is 112 Å². The highest BCUT2D eigenvalue weighted by Gasteiger charge is 2.42. The summed E-state index contributed by atoms with van der Waals surface area (Å²) in [5.41, 5.74) is 0.707. The Morgan fingerprint density at radius 1 is 1.47 bits per heavy atom. The Morgan fingerprint density at radius 3 is 2.79 bits per heavy atom. The van der Waals surface area contributed by atoms with Crippen molar-refractivity contribution in [2.75, 3.05) is 0 Å². The molecule has 0 spiro atoms. The Kier molecular flexibility index (Phi) is 3.64. The van der Waals surface area contributed by atoms with E-state index in [-0.39, 0.29) is 5.91 Å². The van der Waals surface area contributed by atoms with Gasteiger partial charge in [-0.25, -0.2) is 0 Å². The zero-order valence-corrected chi connectivity index (χ0v) is 11.3. The fraction of sp³-hybridized carbons (Fsp3) is 0.571. The third kappa shape index (κ3) is 2.64. The van der Waals surface area contributed by atoms with Crippen LogP contribution < -0.4 is 5.32 Å². The second-order valence-electron chi connectivity index (χ2n) is 5.54. The predicted octanol–water partition coefficient (Wildman–Crippen LogP) is 2.09. The summed E-state index contributed by atoms with van der Waals surface area (Å²) >= 11 is 0. The monoisotopic (exact) mass is 264 g/mol. The van der Waals surface area contributed by atoms with Gasteiger partial charge in [-0.1, -0.05) is 12.8 Å². The number of aromatic amines is 1. The highest BCUT2D eigenvalue weighted by Crippen LogP contribution is 2.34. The van der Waals surface area contributed by atoms with Gasteiger partial charge < -0.3 is 15.4 Å². The molecule has 0 aromatic carbocycles. The van der Waals surface area contributed by atoms with E-state index in [0.29, 0.717) is 18.5 Å². The molecule has 2 unspecified atom stereocenters. The lowest BCUT2D eigenvalue weighted by atomic mass is 9.74. The first-order valence-electron chi connectivity index (χ1n) is 6.63. The summed E-state index contributed by atoms with van der Waals surface area (Å²) in [6.07, 6.45) is 4.89. The van der Waals surface area contributed by atoms with Gasteiger partial charge in [-0.2, -0.15) is 0 Å². The molecule has 1 aromatic heterocycles. The van der Waals surface area contributed by atoms with Crippen LogP contribution >= 0.6 is 0 Å². The molecular formula is C14H20N2O3. The molecule has 1 aliphatic carbocycles. The lowest BCUT2D eigenvalue weighted by molar-refractivity contribution is -0.145. The molecule has 5 heteroatoms. The molecule has 1 amide bonds. The third-order valence-corrected chi connectivity index (χ3v) is 4.09. The van der Waals surface area contributed by atoms with Gasteiger partial charge in [-0.05, 0) is 38.3 Å². The minimum atomic E-state index is -0.828. The summed E-state index contributed by atoms with van der Waals surface area (Å²) in [6, 6.07) is 1.83. The van der Waals surface area contributed by atoms with Gasteiger partial charge in [0, 0.05) is 6.20 Å². The van der Waals surface area contributed by atoms with E-state index in [4.69, 9.17) is 0 Å². The third-order valence-electron chi connectivity index (χ3n) is 4.09. The molecule has 1 saturated carbocycles. The number of nitrogens with one attached hydrogen (secondary N) is 2. The number of hydrogen-bond donors (Lipinski definition) is 3. The van der Waals surface area contributed by atoms with Crippen LogP contribution in [0.25, 0.3) is 0 Å². The van der Waals surface area contributed by atoms with Crippen LogP contribution in [0.4, 0.5) is 0 Å². The second-order valence-corrected chi connectivity index (χ2v) is 5.54. The number of aromatic nitrogens is 1. The van der Waals surface area contributed by atoms with Crippen LogP contribution in [0.15, 0.2) is 12.3 Å². The standard InChI is InChI=1S/C14H20N2O3/c1-9-6-8-15-11(9)12(17)16-14(2)7-4-3-5-10(14)13(18)19/h6,8,10,15H,3-5,7H2,1-2H3,(H,16,17)(H,18,19). The Hall–Kier alpha value is -1.78. The normalized spacial score (nSPS) is 26.9. The number of carboxylic acid groups (broad SMARTS) is 1. The molecule has 1 aromatic rings. The van der Waals surface area contributed by atoms with Crippen LogP contribution in [0.1, 0.15) is 48.7 Å². The van der Waals surface area contributed by atoms with Crippen LogP contribution in [0.3, 0.4) is 0 Å². The largest absolute Gasteiger partial charge is 0.481 e. The van der Waals surface area contributed by atoms with Crippen molar-refractivity contribution in [3.63, 3.8) is 0 Å². The zero-order valence-electron chi connectivity index (χ0n) is 11.3. The topological polar surface area (TPSA) is 82.2 Å². The maximum absolute atomic E-state index is 12.2. The first-order chi connectivity index (χ1) is 8.94. The number of rotatable bonds is 3. The number of amides is 1. The Morgan fingerprint density at radius 2 is 2.21 bits per heavy atom. The summed E-state index contributed by atoms with van der Waals surface area (Å²) in [4.78, 5) is 26.5. The lowest BCUT2D eigenvalue weighted by Crippen LogP contribution is -2.55. The number of H-pyrrole nitrogens is 1. The minimum absolute atomic E-state index is 0.224. The Balaban J connectivity index is 2.17. The molecule has 104 valence electrons. The van der Waals surface area contributed by atoms with E-state index in [0.717, 1.165) is 18.4 Å². The summed E-state index contributed by atoms with van der Waals surface area (Å²) < 4.78 is 0. The SMILES string of the molecule is Cc1cc[nH]c1C(=O)NC1(C)CCCCC1C(=O)O. The van der Waals surface area contributed by atoms with Crippen LogP contribution in [0.2, 0.25) is 0 Å². The van der Waals surface area contributed by atoms with Crippen molar-refractivity contribution in [3.8, 4) is 0 Å². The average Bonchev–Trinajstić information content (AvgIpc) is 2.75. The van der Waals surface area contributed by atoms with Crippen molar-refractivity contribution in [2.24, 2.45) is 5.92 Å². The van der Waals surface area contributed by atoms with Gasteiger partial charge in [0.1, 0.15) is 5.69 Å². The number of carboxylic acids is 1. The van der Waals surface area contributed by atoms with E-state index >= 15 is 0 Å². The van der Waals surface area contributed by atoms with E-state index < -0.39 is 17.4 Å². The number of aryl methyl sites for hydroxylation is 1. The van der Waals surface area contributed by atoms with Crippen molar-refractivity contribution in [1.29, 1.82) is 0 Å². The molecule has 1 fully saturated rings. The molecular weight excluding hydrogens is 244 g/mol. The van der Waals surface area contributed by atoms with E-state index in [2.05, 4.69) is 10.3 Å².